The van der Waals surface area contributed by atoms with Gasteiger partial charge in [0.15, 0.2) is 5.43 Å². The monoisotopic (exact) mass is 351 g/mol. The quantitative estimate of drug-likeness (QED) is 0.665. The molecule has 2 aromatic carbocycles. The van der Waals surface area contributed by atoms with E-state index in [9.17, 15) is 9.59 Å². The van der Waals surface area contributed by atoms with Crippen molar-refractivity contribution >= 4 is 28.5 Å². The van der Waals surface area contributed by atoms with Gasteiger partial charge in [0.05, 0.1) is 17.0 Å². The average Bonchev–Trinajstić information content (AvgIpc) is 2.89. The fraction of sp³-hybridized carbons (Fsp3) is 0.100. The molecule has 25 heavy (non-hydrogen) atoms. The van der Waals surface area contributed by atoms with E-state index in [1.165, 1.54) is 0 Å². The Labute approximate surface area is 148 Å². The lowest BCUT2D eigenvalue weighted by molar-refractivity contribution is 0.0748. The second-order valence-electron chi connectivity index (χ2n) is 5.87. The van der Waals surface area contributed by atoms with E-state index in [1.807, 2.05) is 12.1 Å². The topological polar surface area (TPSA) is 50.5 Å². The molecule has 0 spiro atoms. The maximum absolute atomic E-state index is 13.1. The molecular formula is C20H14ClNO3. The number of benzene rings is 2. The fourth-order valence-electron chi connectivity index (χ4n) is 3.29. The third kappa shape index (κ3) is 2.37. The summed E-state index contributed by atoms with van der Waals surface area (Å²) in [5.74, 6) is -0.205. The van der Waals surface area contributed by atoms with E-state index in [1.54, 1.807) is 47.4 Å². The molecule has 1 atom stereocenters. The van der Waals surface area contributed by atoms with Gasteiger partial charge in [-0.1, -0.05) is 41.9 Å². The zero-order valence-electron chi connectivity index (χ0n) is 13.2. The van der Waals surface area contributed by atoms with Gasteiger partial charge in [-0.25, -0.2) is 0 Å². The molecule has 0 N–H and O–H groups in total. The molecule has 0 radical (unpaired) electrons. The molecule has 2 heterocycles. The van der Waals surface area contributed by atoms with Gasteiger partial charge in [0.2, 0.25) is 5.76 Å². The van der Waals surface area contributed by atoms with Gasteiger partial charge in [-0.3, -0.25) is 9.59 Å². The van der Waals surface area contributed by atoms with Gasteiger partial charge in [0.25, 0.3) is 5.91 Å². The zero-order chi connectivity index (χ0) is 17.6. The minimum Gasteiger partial charge on any atom is -0.450 e. The number of para-hydroxylation sites is 1. The van der Waals surface area contributed by atoms with Crippen LogP contribution in [0.15, 0.2) is 70.4 Å². The van der Waals surface area contributed by atoms with E-state index < -0.39 is 6.04 Å². The summed E-state index contributed by atoms with van der Waals surface area (Å²) in [6.07, 6.45) is 1.64. The predicted molar refractivity (Wildman–Crippen MR) is 97.0 cm³/mol. The molecule has 1 aliphatic heterocycles. The Kier molecular flexibility index (Phi) is 3.70. The van der Waals surface area contributed by atoms with Crippen LogP contribution >= 0.6 is 11.6 Å². The van der Waals surface area contributed by atoms with Crippen LogP contribution in [0.1, 0.15) is 27.7 Å². The Bertz CT molecular complexity index is 1050. The van der Waals surface area contributed by atoms with Gasteiger partial charge < -0.3 is 9.32 Å². The highest BCUT2D eigenvalue weighted by Gasteiger charge is 2.42. The average molecular weight is 352 g/mol. The number of fused-ring (bicyclic) bond motifs is 2. The molecule has 4 nitrogen and oxygen atoms in total. The summed E-state index contributed by atoms with van der Waals surface area (Å²) in [6.45, 7) is 4.03. The Morgan fingerprint density at radius 2 is 1.84 bits per heavy atom. The lowest BCUT2D eigenvalue weighted by Gasteiger charge is -2.23. The summed E-state index contributed by atoms with van der Waals surface area (Å²) in [5, 5.41) is 1.06. The van der Waals surface area contributed by atoms with Crippen molar-refractivity contribution in [3.63, 3.8) is 0 Å². The molecule has 0 fully saturated rings. The van der Waals surface area contributed by atoms with Crippen LogP contribution in [0.5, 0.6) is 0 Å². The van der Waals surface area contributed by atoms with Gasteiger partial charge in [-0.05, 0) is 29.8 Å². The van der Waals surface area contributed by atoms with E-state index >= 15 is 0 Å². The summed E-state index contributed by atoms with van der Waals surface area (Å²) in [5.41, 5.74) is 1.40. The second kappa shape index (κ2) is 5.90. The third-order valence-electron chi connectivity index (χ3n) is 4.38. The van der Waals surface area contributed by atoms with Crippen molar-refractivity contribution in [2.24, 2.45) is 0 Å². The largest absolute Gasteiger partial charge is 0.450 e. The van der Waals surface area contributed by atoms with Gasteiger partial charge in [0, 0.05) is 11.6 Å². The van der Waals surface area contributed by atoms with E-state index in [-0.39, 0.29) is 17.1 Å². The van der Waals surface area contributed by atoms with Crippen molar-refractivity contribution in [2.45, 2.75) is 6.04 Å². The first kappa shape index (κ1) is 15.7. The summed E-state index contributed by atoms with van der Waals surface area (Å²) in [7, 11) is 0. The maximum atomic E-state index is 13.1. The standard InChI is InChI=1S/C20H14ClNO3/c1-2-11-22-17(12-7-9-13(21)10-8-12)16-18(23)14-5-3-4-6-15(14)25-19(16)20(22)24/h2-10,17H,1,11H2. The lowest BCUT2D eigenvalue weighted by atomic mass is 9.98. The van der Waals surface area contributed by atoms with Crippen LogP contribution in [0.4, 0.5) is 0 Å². The van der Waals surface area contributed by atoms with Gasteiger partial charge in [0.1, 0.15) is 5.58 Å². The molecular weight excluding hydrogens is 338 g/mol. The summed E-state index contributed by atoms with van der Waals surface area (Å²) >= 11 is 5.98. The third-order valence-corrected chi connectivity index (χ3v) is 4.64. The number of hydrogen-bond acceptors (Lipinski definition) is 3. The molecule has 5 heteroatoms. The summed E-state index contributed by atoms with van der Waals surface area (Å²) < 4.78 is 5.80. The van der Waals surface area contributed by atoms with Crippen molar-refractivity contribution < 1.29 is 9.21 Å². The van der Waals surface area contributed by atoms with Gasteiger partial charge in [-0.2, -0.15) is 0 Å². The van der Waals surface area contributed by atoms with Crippen LogP contribution in [0.2, 0.25) is 5.02 Å². The molecule has 0 aliphatic carbocycles. The lowest BCUT2D eigenvalue weighted by Crippen LogP contribution is -2.29. The Morgan fingerprint density at radius 3 is 2.56 bits per heavy atom. The molecule has 3 aromatic rings. The Morgan fingerprint density at radius 1 is 1.12 bits per heavy atom. The van der Waals surface area contributed by atoms with E-state index in [0.717, 1.165) is 5.56 Å². The van der Waals surface area contributed by atoms with Gasteiger partial charge >= 0.3 is 0 Å². The molecule has 0 bridgehead atoms. The highest BCUT2D eigenvalue weighted by Crippen LogP contribution is 2.38. The molecule has 1 aliphatic rings. The number of halogens is 1. The van der Waals surface area contributed by atoms with Crippen LogP contribution in [0.25, 0.3) is 11.0 Å². The first-order valence-corrected chi connectivity index (χ1v) is 8.22. The minimum atomic E-state index is -0.515. The molecule has 4 rings (SSSR count). The van der Waals surface area contributed by atoms with Crippen molar-refractivity contribution in [1.29, 1.82) is 0 Å². The fourth-order valence-corrected chi connectivity index (χ4v) is 3.41. The Hall–Kier alpha value is -2.85. The van der Waals surface area contributed by atoms with Crippen LogP contribution in [0.3, 0.4) is 0 Å². The SMILES string of the molecule is C=CCN1C(=O)c2oc3ccccc3c(=O)c2C1c1ccc(Cl)cc1. The number of hydrogen-bond donors (Lipinski definition) is 0. The number of amides is 1. The van der Waals surface area contributed by atoms with Crippen LogP contribution in [-0.2, 0) is 0 Å². The molecule has 0 saturated carbocycles. The van der Waals surface area contributed by atoms with Crippen molar-refractivity contribution in [1.82, 2.24) is 4.90 Å². The first-order valence-electron chi connectivity index (χ1n) is 7.85. The van der Waals surface area contributed by atoms with Crippen LogP contribution in [0, 0.1) is 0 Å². The molecule has 1 aromatic heterocycles. The van der Waals surface area contributed by atoms with Gasteiger partial charge in [-0.15, -0.1) is 6.58 Å². The Balaban J connectivity index is 2.02. The second-order valence-corrected chi connectivity index (χ2v) is 6.31. The molecule has 124 valence electrons. The normalized spacial score (nSPS) is 16.3. The minimum absolute atomic E-state index is 0.102. The zero-order valence-corrected chi connectivity index (χ0v) is 14.0. The predicted octanol–water partition coefficient (Wildman–Crippen LogP) is 4.18. The maximum Gasteiger partial charge on any atom is 0.291 e. The first-order chi connectivity index (χ1) is 12.1. The smallest absolute Gasteiger partial charge is 0.291 e. The van der Waals surface area contributed by atoms with Crippen LogP contribution in [-0.4, -0.2) is 17.4 Å². The van der Waals surface area contributed by atoms with E-state index in [0.29, 0.717) is 28.1 Å². The van der Waals surface area contributed by atoms with Crippen molar-refractivity contribution in [3.05, 3.63) is 93.3 Å². The highest BCUT2D eigenvalue weighted by molar-refractivity contribution is 6.30. The number of rotatable bonds is 3. The summed E-state index contributed by atoms with van der Waals surface area (Å²) in [4.78, 5) is 27.5. The number of nitrogens with zero attached hydrogens (tertiary/aromatic N) is 1. The molecule has 0 saturated heterocycles. The van der Waals surface area contributed by atoms with Crippen molar-refractivity contribution in [3.8, 4) is 0 Å². The number of carbonyl (C=O) groups excluding carboxylic acids is 1. The summed E-state index contributed by atoms with van der Waals surface area (Å²) in [6, 6.07) is 13.6. The molecule has 1 amide bonds. The molecule has 1 unspecified atom stereocenters. The van der Waals surface area contributed by atoms with Crippen molar-refractivity contribution in [2.75, 3.05) is 6.54 Å². The van der Waals surface area contributed by atoms with E-state index in [2.05, 4.69) is 6.58 Å². The highest BCUT2D eigenvalue weighted by atomic mass is 35.5. The van der Waals surface area contributed by atoms with E-state index in [4.69, 9.17) is 16.0 Å². The number of carbonyl (C=O) groups is 1. The van der Waals surface area contributed by atoms with Crippen LogP contribution < -0.4 is 5.43 Å².